The molecule has 4 nitrogen and oxygen atoms in total. The fourth-order valence-corrected chi connectivity index (χ4v) is 1.62. The molecule has 0 aromatic carbocycles. The molecule has 15 heavy (non-hydrogen) atoms. The molecule has 0 aliphatic carbocycles. The molecule has 0 aliphatic rings. The first-order valence-electron chi connectivity index (χ1n) is 5.34. The normalized spacial score (nSPS) is 15.2. The number of aromatic nitrogens is 2. The number of hydrogen-bond acceptors (Lipinski definition) is 3. The van der Waals surface area contributed by atoms with Crippen molar-refractivity contribution >= 4 is 0 Å². The van der Waals surface area contributed by atoms with Crippen molar-refractivity contribution in [1.29, 1.82) is 0 Å². The fourth-order valence-electron chi connectivity index (χ4n) is 1.62. The predicted molar refractivity (Wildman–Crippen MR) is 60.8 cm³/mol. The highest BCUT2D eigenvalue weighted by atomic mass is 16.5. The summed E-state index contributed by atoms with van der Waals surface area (Å²) in [6, 6.07) is 2.48. The maximum atomic E-state index is 5.26. The number of aryl methyl sites for hydroxylation is 1. The summed E-state index contributed by atoms with van der Waals surface area (Å²) in [5.74, 6) is 0. The molecule has 0 saturated carbocycles. The number of methoxy groups -OCH3 is 1. The summed E-state index contributed by atoms with van der Waals surface area (Å²) in [4.78, 5) is 0. The monoisotopic (exact) mass is 211 g/mol. The van der Waals surface area contributed by atoms with Crippen LogP contribution < -0.4 is 5.32 Å². The number of likely N-dealkylation sites (N-methyl/N-ethyl adjacent to an activating group) is 1. The molecule has 0 saturated heterocycles. The number of rotatable bonds is 6. The predicted octanol–water partition coefficient (Wildman–Crippen LogP) is 0.976. The zero-order chi connectivity index (χ0) is 11.3. The summed E-state index contributed by atoms with van der Waals surface area (Å²) in [7, 11) is 5.67. The second-order valence-corrected chi connectivity index (χ2v) is 3.95. The second-order valence-electron chi connectivity index (χ2n) is 3.95. The van der Waals surface area contributed by atoms with Gasteiger partial charge in [0.25, 0.3) is 0 Å². The van der Waals surface area contributed by atoms with Crippen LogP contribution in [0.2, 0.25) is 0 Å². The van der Waals surface area contributed by atoms with Gasteiger partial charge in [-0.2, -0.15) is 5.10 Å². The summed E-state index contributed by atoms with van der Waals surface area (Å²) in [5, 5.41) is 7.66. The third kappa shape index (κ3) is 4.01. The Bertz CT molecular complexity index is 285. The van der Waals surface area contributed by atoms with Crippen LogP contribution in [-0.2, 0) is 18.2 Å². The van der Waals surface area contributed by atoms with Crippen molar-refractivity contribution in [3.63, 3.8) is 0 Å². The molecule has 0 aliphatic heterocycles. The molecule has 86 valence electrons. The molecular formula is C11H21N3O. The van der Waals surface area contributed by atoms with Gasteiger partial charge in [0.05, 0.1) is 11.8 Å². The van der Waals surface area contributed by atoms with Crippen LogP contribution in [0.1, 0.15) is 19.0 Å². The van der Waals surface area contributed by atoms with E-state index in [0.717, 1.165) is 18.5 Å². The highest BCUT2D eigenvalue weighted by Gasteiger charge is 2.12. The molecule has 0 spiro atoms. The second kappa shape index (κ2) is 5.88. The van der Waals surface area contributed by atoms with Crippen LogP contribution in [0.25, 0.3) is 0 Å². The van der Waals surface area contributed by atoms with E-state index in [1.165, 1.54) is 0 Å². The molecule has 1 aromatic heterocycles. The first kappa shape index (κ1) is 12.2. The van der Waals surface area contributed by atoms with Gasteiger partial charge < -0.3 is 10.1 Å². The van der Waals surface area contributed by atoms with E-state index >= 15 is 0 Å². The third-order valence-electron chi connectivity index (χ3n) is 2.65. The van der Waals surface area contributed by atoms with Crippen molar-refractivity contribution in [1.82, 2.24) is 15.1 Å². The number of nitrogens with zero attached hydrogens (tertiary/aromatic N) is 2. The minimum absolute atomic E-state index is 0.283. The van der Waals surface area contributed by atoms with Gasteiger partial charge in [-0.1, -0.05) is 0 Å². The van der Waals surface area contributed by atoms with Gasteiger partial charge in [0.2, 0.25) is 0 Å². The Morgan fingerprint density at radius 1 is 1.60 bits per heavy atom. The standard InChI is InChI=1S/C11H21N3O/c1-9(15-4)7-11(12-2)8-10-5-6-14(3)13-10/h5-6,9,11-12H,7-8H2,1-4H3. The van der Waals surface area contributed by atoms with Gasteiger partial charge in [-0.25, -0.2) is 0 Å². The molecule has 2 atom stereocenters. The van der Waals surface area contributed by atoms with Gasteiger partial charge in [0.15, 0.2) is 0 Å². The van der Waals surface area contributed by atoms with E-state index in [1.807, 2.05) is 25.0 Å². The van der Waals surface area contributed by atoms with Crippen molar-refractivity contribution in [3.8, 4) is 0 Å². The van der Waals surface area contributed by atoms with Crippen LogP contribution in [0.3, 0.4) is 0 Å². The zero-order valence-corrected chi connectivity index (χ0v) is 10.0. The number of ether oxygens (including phenoxy) is 1. The van der Waals surface area contributed by atoms with Crippen molar-refractivity contribution < 1.29 is 4.74 Å². The molecule has 0 fully saturated rings. The summed E-state index contributed by atoms with van der Waals surface area (Å²) in [6.07, 6.45) is 4.21. The lowest BCUT2D eigenvalue weighted by molar-refractivity contribution is 0.101. The van der Waals surface area contributed by atoms with Crippen LogP contribution in [0.5, 0.6) is 0 Å². The summed E-state index contributed by atoms with van der Waals surface area (Å²) >= 11 is 0. The van der Waals surface area contributed by atoms with E-state index < -0.39 is 0 Å². The van der Waals surface area contributed by atoms with Crippen molar-refractivity contribution in [2.45, 2.75) is 31.9 Å². The Labute approximate surface area is 91.6 Å². The van der Waals surface area contributed by atoms with Crippen LogP contribution >= 0.6 is 0 Å². The third-order valence-corrected chi connectivity index (χ3v) is 2.65. The van der Waals surface area contributed by atoms with Crippen LogP contribution in [0.4, 0.5) is 0 Å². The van der Waals surface area contributed by atoms with E-state index in [1.54, 1.807) is 7.11 Å². The molecule has 1 heterocycles. The molecule has 4 heteroatoms. The van der Waals surface area contributed by atoms with E-state index in [-0.39, 0.29) is 6.10 Å². The smallest absolute Gasteiger partial charge is 0.0640 e. The number of nitrogens with one attached hydrogen (secondary N) is 1. The maximum Gasteiger partial charge on any atom is 0.0640 e. The molecular weight excluding hydrogens is 190 g/mol. The highest BCUT2D eigenvalue weighted by molar-refractivity contribution is 5.01. The lowest BCUT2D eigenvalue weighted by Gasteiger charge is -2.18. The van der Waals surface area contributed by atoms with Gasteiger partial charge >= 0.3 is 0 Å². The van der Waals surface area contributed by atoms with Crippen LogP contribution in [-0.4, -0.2) is 36.1 Å². The average Bonchev–Trinajstić information content (AvgIpc) is 2.62. The van der Waals surface area contributed by atoms with Gasteiger partial charge in [-0.15, -0.1) is 0 Å². The fraction of sp³-hybridized carbons (Fsp3) is 0.727. The summed E-state index contributed by atoms with van der Waals surface area (Å²) in [6.45, 7) is 2.09. The quantitative estimate of drug-likeness (QED) is 0.762. The molecule has 0 bridgehead atoms. The minimum atomic E-state index is 0.283. The zero-order valence-electron chi connectivity index (χ0n) is 10.0. The van der Waals surface area contributed by atoms with Crippen molar-refractivity contribution in [3.05, 3.63) is 18.0 Å². The van der Waals surface area contributed by atoms with Gasteiger partial charge in [0, 0.05) is 32.8 Å². The molecule has 2 unspecified atom stereocenters. The Morgan fingerprint density at radius 2 is 2.33 bits per heavy atom. The van der Waals surface area contributed by atoms with Gasteiger partial charge in [0.1, 0.15) is 0 Å². The van der Waals surface area contributed by atoms with Crippen molar-refractivity contribution in [2.24, 2.45) is 7.05 Å². The van der Waals surface area contributed by atoms with E-state index in [0.29, 0.717) is 6.04 Å². The first-order valence-corrected chi connectivity index (χ1v) is 5.34. The molecule has 0 radical (unpaired) electrons. The molecule has 1 N–H and O–H groups in total. The Balaban J connectivity index is 2.46. The van der Waals surface area contributed by atoms with Crippen molar-refractivity contribution in [2.75, 3.05) is 14.2 Å². The summed E-state index contributed by atoms with van der Waals surface area (Å²) in [5.41, 5.74) is 1.13. The average molecular weight is 211 g/mol. The Kier molecular flexibility index (Phi) is 4.78. The highest BCUT2D eigenvalue weighted by Crippen LogP contribution is 2.07. The van der Waals surface area contributed by atoms with E-state index in [4.69, 9.17) is 4.74 Å². The van der Waals surface area contributed by atoms with Gasteiger partial charge in [-0.05, 0) is 26.5 Å². The SMILES string of the molecule is CNC(Cc1ccn(C)n1)CC(C)OC. The topological polar surface area (TPSA) is 39.1 Å². The lowest BCUT2D eigenvalue weighted by Crippen LogP contribution is -2.31. The van der Waals surface area contributed by atoms with E-state index in [9.17, 15) is 0 Å². The largest absolute Gasteiger partial charge is 0.382 e. The molecule has 1 aromatic rings. The molecule has 0 amide bonds. The number of hydrogen-bond donors (Lipinski definition) is 1. The Hall–Kier alpha value is -0.870. The summed E-state index contributed by atoms with van der Waals surface area (Å²) < 4.78 is 7.09. The van der Waals surface area contributed by atoms with Crippen LogP contribution in [0.15, 0.2) is 12.3 Å². The maximum absolute atomic E-state index is 5.26. The minimum Gasteiger partial charge on any atom is -0.382 e. The first-order chi connectivity index (χ1) is 7.15. The lowest BCUT2D eigenvalue weighted by atomic mass is 10.1. The Morgan fingerprint density at radius 3 is 2.80 bits per heavy atom. The van der Waals surface area contributed by atoms with Gasteiger partial charge in [-0.3, -0.25) is 4.68 Å². The molecule has 1 rings (SSSR count). The van der Waals surface area contributed by atoms with Crippen LogP contribution in [0, 0.1) is 0 Å². The van der Waals surface area contributed by atoms with E-state index in [2.05, 4.69) is 23.4 Å².